The van der Waals surface area contributed by atoms with Gasteiger partial charge in [-0.05, 0) is 18.3 Å². The average Bonchev–Trinajstić information content (AvgIpc) is 3.26. The number of hydrogen-bond acceptors (Lipinski definition) is 6. The number of nitrogens with one attached hydrogen (secondary N) is 2. The van der Waals surface area contributed by atoms with Crippen molar-refractivity contribution in [3.63, 3.8) is 0 Å². The molecule has 8 nitrogen and oxygen atoms in total. The van der Waals surface area contributed by atoms with Gasteiger partial charge in [0.2, 0.25) is 11.9 Å². The van der Waals surface area contributed by atoms with Gasteiger partial charge in [0.1, 0.15) is 5.02 Å². The lowest BCUT2D eigenvalue weighted by molar-refractivity contribution is -0.122. The summed E-state index contributed by atoms with van der Waals surface area (Å²) in [5.41, 5.74) is 6.37. The molecule has 25 heavy (non-hydrogen) atoms. The number of rotatable bonds is 5. The van der Waals surface area contributed by atoms with Crippen molar-refractivity contribution >= 4 is 35.0 Å². The van der Waals surface area contributed by atoms with Crippen LogP contribution in [-0.2, 0) is 11.8 Å². The van der Waals surface area contributed by atoms with Crippen LogP contribution in [0.25, 0.3) is 0 Å². The molecule has 1 amide bonds. The number of hydrogen-bond donors (Lipinski definition) is 3. The molecule has 0 saturated heterocycles. The largest absolute Gasteiger partial charge is 0.369 e. The standard InChI is InChI=1S/C16H18ClN7O/c1-24-7-10(5-20-24)21-16-19-6-11(17)15(23-16)22-13-9-3-2-8(4-9)12(13)14(18)25/h2-3,5-9,12-13H,4H2,1H3,(H2,18,25)(H2,19,21,22,23)/t8-,9+,12-,13+/m1/s1. The Hall–Kier alpha value is -2.61. The van der Waals surface area contributed by atoms with Crippen LogP contribution in [0.5, 0.6) is 0 Å². The summed E-state index contributed by atoms with van der Waals surface area (Å²) in [5, 5.41) is 10.9. The van der Waals surface area contributed by atoms with Gasteiger partial charge in [-0.2, -0.15) is 10.1 Å². The lowest BCUT2D eigenvalue weighted by Gasteiger charge is -2.27. The molecule has 4 atom stereocenters. The van der Waals surface area contributed by atoms with E-state index in [1.165, 1.54) is 6.20 Å². The fourth-order valence-corrected chi connectivity index (χ4v) is 3.85. The number of halogens is 1. The third-order valence-electron chi connectivity index (χ3n) is 4.80. The SMILES string of the molecule is Cn1cc(Nc2ncc(Cl)c(N[C@@H]3[C@H](C(N)=O)[C@@H]4C=C[C@H]3C4)n2)cn1. The van der Waals surface area contributed by atoms with E-state index in [4.69, 9.17) is 17.3 Å². The predicted octanol–water partition coefficient (Wildman–Crippen LogP) is 1.69. The molecule has 130 valence electrons. The number of nitrogens with two attached hydrogens (primary N) is 1. The summed E-state index contributed by atoms with van der Waals surface area (Å²) in [6.45, 7) is 0. The summed E-state index contributed by atoms with van der Waals surface area (Å²) in [4.78, 5) is 20.5. The van der Waals surface area contributed by atoms with E-state index in [9.17, 15) is 4.79 Å². The van der Waals surface area contributed by atoms with Crippen molar-refractivity contribution in [1.82, 2.24) is 19.7 Å². The first kappa shape index (κ1) is 15.9. The first-order valence-corrected chi connectivity index (χ1v) is 8.41. The Morgan fingerprint density at radius 3 is 2.88 bits per heavy atom. The van der Waals surface area contributed by atoms with E-state index < -0.39 is 0 Å². The van der Waals surface area contributed by atoms with Crippen LogP contribution >= 0.6 is 11.6 Å². The third-order valence-corrected chi connectivity index (χ3v) is 5.07. The molecule has 0 aliphatic heterocycles. The minimum absolute atomic E-state index is 0.105. The smallest absolute Gasteiger partial charge is 0.229 e. The predicted molar refractivity (Wildman–Crippen MR) is 94.4 cm³/mol. The quantitative estimate of drug-likeness (QED) is 0.701. The van der Waals surface area contributed by atoms with Crippen molar-refractivity contribution in [2.24, 2.45) is 30.5 Å². The molecule has 0 radical (unpaired) electrons. The lowest BCUT2D eigenvalue weighted by atomic mass is 9.88. The molecule has 2 aliphatic rings. The first-order valence-electron chi connectivity index (χ1n) is 8.03. The first-order chi connectivity index (χ1) is 12.0. The lowest BCUT2D eigenvalue weighted by Crippen LogP contribution is -2.41. The Kier molecular flexibility index (Phi) is 3.84. The second kappa shape index (κ2) is 6.03. The van der Waals surface area contributed by atoms with Gasteiger partial charge < -0.3 is 16.4 Å². The maximum absolute atomic E-state index is 11.8. The molecule has 1 fully saturated rings. The van der Waals surface area contributed by atoms with Crippen LogP contribution in [0.3, 0.4) is 0 Å². The van der Waals surface area contributed by atoms with Gasteiger partial charge in [0, 0.05) is 19.3 Å². The zero-order valence-corrected chi connectivity index (χ0v) is 14.3. The van der Waals surface area contributed by atoms with Gasteiger partial charge in [-0.15, -0.1) is 0 Å². The molecule has 9 heteroatoms. The van der Waals surface area contributed by atoms with E-state index in [0.29, 0.717) is 16.8 Å². The molecule has 2 bridgehead atoms. The van der Waals surface area contributed by atoms with E-state index in [1.54, 1.807) is 10.9 Å². The molecule has 1 saturated carbocycles. The van der Waals surface area contributed by atoms with E-state index in [0.717, 1.165) is 12.1 Å². The van der Waals surface area contributed by atoms with Gasteiger partial charge in [-0.3, -0.25) is 9.48 Å². The van der Waals surface area contributed by atoms with Crippen molar-refractivity contribution in [1.29, 1.82) is 0 Å². The monoisotopic (exact) mass is 359 g/mol. The van der Waals surface area contributed by atoms with Crippen molar-refractivity contribution in [3.05, 3.63) is 35.8 Å². The number of primary amides is 1. The average molecular weight is 360 g/mol. The second-order valence-electron chi connectivity index (χ2n) is 6.46. The maximum Gasteiger partial charge on any atom is 0.229 e. The highest BCUT2D eigenvalue weighted by atomic mass is 35.5. The topological polar surface area (TPSA) is 111 Å². The fourth-order valence-electron chi connectivity index (χ4n) is 3.71. The maximum atomic E-state index is 11.8. The van der Waals surface area contributed by atoms with Gasteiger partial charge in [0.15, 0.2) is 5.82 Å². The van der Waals surface area contributed by atoms with Crippen LogP contribution in [0, 0.1) is 17.8 Å². The Balaban J connectivity index is 1.57. The van der Waals surface area contributed by atoms with E-state index in [-0.39, 0.29) is 29.7 Å². The van der Waals surface area contributed by atoms with Crippen molar-refractivity contribution in [2.75, 3.05) is 10.6 Å². The third kappa shape index (κ3) is 2.93. The number of anilines is 3. The van der Waals surface area contributed by atoms with Gasteiger partial charge in [0.05, 0.1) is 24.0 Å². The molecule has 0 aromatic carbocycles. The summed E-state index contributed by atoms with van der Waals surface area (Å²) in [5.74, 6) is 0.773. The van der Waals surface area contributed by atoms with Crippen LogP contribution in [0.1, 0.15) is 6.42 Å². The molecule has 2 aliphatic carbocycles. The number of aromatic nitrogens is 4. The molecule has 2 aromatic heterocycles. The number of aryl methyl sites for hydroxylation is 1. The Morgan fingerprint density at radius 2 is 2.16 bits per heavy atom. The van der Waals surface area contributed by atoms with Gasteiger partial charge >= 0.3 is 0 Å². The summed E-state index contributed by atoms with van der Waals surface area (Å²) >= 11 is 6.25. The number of allylic oxidation sites excluding steroid dienone is 1. The minimum atomic E-state index is -0.298. The van der Waals surface area contributed by atoms with E-state index in [1.807, 2.05) is 13.2 Å². The molecule has 0 unspecified atom stereocenters. The van der Waals surface area contributed by atoms with Gasteiger partial charge in [0.25, 0.3) is 0 Å². The van der Waals surface area contributed by atoms with Gasteiger partial charge in [-0.1, -0.05) is 23.8 Å². The molecular formula is C16H18ClN7O. The number of carbonyl (C=O) groups is 1. The highest BCUT2D eigenvalue weighted by molar-refractivity contribution is 6.32. The molecule has 4 rings (SSSR count). The van der Waals surface area contributed by atoms with Crippen LogP contribution in [0.15, 0.2) is 30.7 Å². The molecular weight excluding hydrogens is 342 g/mol. The zero-order valence-electron chi connectivity index (χ0n) is 13.6. The van der Waals surface area contributed by atoms with Crippen LogP contribution in [0.2, 0.25) is 5.02 Å². The van der Waals surface area contributed by atoms with Crippen LogP contribution in [-0.4, -0.2) is 31.7 Å². The van der Waals surface area contributed by atoms with Crippen molar-refractivity contribution < 1.29 is 4.79 Å². The Morgan fingerprint density at radius 1 is 1.36 bits per heavy atom. The normalized spacial score (nSPS) is 26.8. The highest BCUT2D eigenvalue weighted by Crippen LogP contribution is 2.45. The van der Waals surface area contributed by atoms with Gasteiger partial charge in [-0.25, -0.2) is 4.98 Å². The Labute approximate surface area is 149 Å². The minimum Gasteiger partial charge on any atom is -0.369 e. The van der Waals surface area contributed by atoms with Crippen LogP contribution < -0.4 is 16.4 Å². The second-order valence-corrected chi connectivity index (χ2v) is 6.87. The summed E-state index contributed by atoms with van der Waals surface area (Å²) in [6.07, 6.45) is 10.2. The number of amides is 1. The highest BCUT2D eigenvalue weighted by Gasteiger charge is 2.47. The summed E-state index contributed by atoms with van der Waals surface area (Å²) in [7, 11) is 1.83. The molecule has 4 N–H and O–H groups in total. The fraction of sp³-hybridized carbons (Fsp3) is 0.375. The summed E-state index contributed by atoms with van der Waals surface area (Å²) < 4.78 is 1.68. The molecule has 2 aromatic rings. The zero-order chi connectivity index (χ0) is 17.6. The van der Waals surface area contributed by atoms with E-state index in [2.05, 4.69) is 37.9 Å². The number of nitrogens with zero attached hydrogens (tertiary/aromatic N) is 4. The Bertz CT molecular complexity index is 849. The van der Waals surface area contributed by atoms with Crippen molar-refractivity contribution in [3.8, 4) is 0 Å². The molecule has 2 heterocycles. The van der Waals surface area contributed by atoms with Crippen molar-refractivity contribution in [2.45, 2.75) is 12.5 Å². The van der Waals surface area contributed by atoms with Crippen LogP contribution in [0.4, 0.5) is 17.5 Å². The summed E-state index contributed by atoms with van der Waals surface area (Å²) in [6, 6.07) is -0.105. The number of carbonyl (C=O) groups excluding carboxylic acids is 1. The van der Waals surface area contributed by atoms with E-state index >= 15 is 0 Å². The number of fused-ring (bicyclic) bond motifs is 2. The molecule has 0 spiro atoms.